The molecule has 0 saturated carbocycles. The first-order chi connectivity index (χ1) is 12.0. The minimum absolute atomic E-state index is 0.121. The molecule has 0 bridgehead atoms. The second-order valence-electron chi connectivity index (χ2n) is 5.59. The molecule has 2 nitrogen and oxygen atoms in total. The third-order valence-corrected chi connectivity index (χ3v) is 4.77. The summed E-state index contributed by atoms with van der Waals surface area (Å²) in [6, 6.07) is 17.2. The van der Waals surface area contributed by atoms with E-state index in [0.717, 1.165) is 5.56 Å². The van der Waals surface area contributed by atoms with E-state index in [9.17, 15) is 9.18 Å². The Morgan fingerprint density at radius 3 is 2.36 bits per heavy atom. The number of carbonyl (C=O) groups excluding carboxylic acids is 1. The molecule has 0 aromatic heterocycles. The summed E-state index contributed by atoms with van der Waals surface area (Å²) in [6.07, 6.45) is 0. The molecule has 25 heavy (non-hydrogen) atoms. The number of anilines is 2. The lowest BCUT2D eigenvalue weighted by molar-refractivity contribution is 0.103. The van der Waals surface area contributed by atoms with Gasteiger partial charge in [0, 0.05) is 22.5 Å². The van der Waals surface area contributed by atoms with Crippen LogP contribution in [0.1, 0.15) is 21.5 Å². The van der Waals surface area contributed by atoms with E-state index in [1.54, 1.807) is 36.4 Å². The monoisotopic (exact) mass is 417 g/mol. The van der Waals surface area contributed by atoms with Crippen molar-refractivity contribution in [2.24, 2.45) is 0 Å². The van der Waals surface area contributed by atoms with Crippen molar-refractivity contribution >= 4 is 44.7 Å². The van der Waals surface area contributed by atoms with Crippen molar-refractivity contribution < 1.29 is 9.18 Å². The van der Waals surface area contributed by atoms with Crippen LogP contribution in [0.2, 0.25) is 5.02 Å². The molecule has 0 heterocycles. The maximum absolute atomic E-state index is 13.6. The fourth-order valence-corrected chi connectivity index (χ4v) is 3.00. The van der Waals surface area contributed by atoms with Crippen LogP contribution < -0.4 is 5.32 Å². The van der Waals surface area contributed by atoms with Crippen LogP contribution in [0.5, 0.6) is 0 Å². The molecule has 5 heteroatoms. The number of benzene rings is 3. The minimum atomic E-state index is -0.359. The molecule has 0 fully saturated rings. The molecule has 0 aliphatic heterocycles. The molecule has 3 aromatic rings. The van der Waals surface area contributed by atoms with Crippen LogP contribution in [0, 0.1) is 12.7 Å². The first-order valence-electron chi connectivity index (χ1n) is 7.57. The van der Waals surface area contributed by atoms with Gasteiger partial charge in [-0.15, -0.1) is 0 Å². The quantitative estimate of drug-likeness (QED) is 0.488. The second-order valence-corrected chi connectivity index (χ2v) is 6.85. The van der Waals surface area contributed by atoms with Gasteiger partial charge in [0.15, 0.2) is 5.78 Å². The summed E-state index contributed by atoms with van der Waals surface area (Å²) in [5, 5.41) is 3.42. The molecule has 126 valence electrons. The molecule has 0 amide bonds. The van der Waals surface area contributed by atoms with Crippen molar-refractivity contribution in [3.05, 3.63) is 92.7 Å². The number of ketones is 1. The smallest absolute Gasteiger partial charge is 0.194 e. The Balaban J connectivity index is 1.87. The topological polar surface area (TPSA) is 29.1 Å². The molecule has 0 aliphatic rings. The van der Waals surface area contributed by atoms with Crippen LogP contribution in [0.3, 0.4) is 0 Å². The number of aryl methyl sites for hydroxylation is 1. The minimum Gasteiger partial charge on any atom is -0.355 e. The maximum Gasteiger partial charge on any atom is 0.194 e. The highest BCUT2D eigenvalue weighted by atomic mass is 79.9. The molecule has 0 atom stereocenters. The van der Waals surface area contributed by atoms with Gasteiger partial charge < -0.3 is 5.32 Å². The second kappa shape index (κ2) is 7.38. The van der Waals surface area contributed by atoms with Crippen LogP contribution in [0.15, 0.2) is 65.1 Å². The highest BCUT2D eigenvalue weighted by Crippen LogP contribution is 2.27. The summed E-state index contributed by atoms with van der Waals surface area (Å²) < 4.78 is 14.0. The molecule has 0 spiro atoms. The zero-order valence-electron chi connectivity index (χ0n) is 13.3. The summed E-state index contributed by atoms with van der Waals surface area (Å²) in [7, 11) is 0. The van der Waals surface area contributed by atoms with Crippen molar-refractivity contribution in [1.82, 2.24) is 0 Å². The van der Waals surface area contributed by atoms with Gasteiger partial charge in [-0.25, -0.2) is 4.39 Å². The van der Waals surface area contributed by atoms with Gasteiger partial charge in [-0.2, -0.15) is 0 Å². The number of halogens is 3. The van der Waals surface area contributed by atoms with Gasteiger partial charge in [-0.05, 0) is 64.8 Å². The average molecular weight is 419 g/mol. The third-order valence-electron chi connectivity index (χ3n) is 3.81. The van der Waals surface area contributed by atoms with Crippen LogP contribution in [0.25, 0.3) is 0 Å². The number of carbonyl (C=O) groups is 1. The number of hydrogen-bond donors (Lipinski definition) is 1. The molecule has 3 aromatic carbocycles. The van der Waals surface area contributed by atoms with Gasteiger partial charge in [0.05, 0.1) is 9.50 Å². The Morgan fingerprint density at radius 1 is 1.00 bits per heavy atom. The van der Waals surface area contributed by atoms with E-state index in [1.165, 1.54) is 6.07 Å². The van der Waals surface area contributed by atoms with Gasteiger partial charge in [0.25, 0.3) is 0 Å². The molecule has 1 N–H and O–H groups in total. The lowest BCUT2D eigenvalue weighted by Gasteiger charge is -2.11. The largest absolute Gasteiger partial charge is 0.355 e. The standard InChI is InChI=1S/C20H14BrClFNO/c1-12-4-2-3-5-15(12)20(25)16-8-6-13(10-18(16)22)24-14-7-9-17(21)19(23)11-14/h2-11,24H,1H3. The molecule has 0 saturated heterocycles. The zero-order chi connectivity index (χ0) is 18.0. The summed E-state index contributed by atoms with van der Waals surface area (Å²) >= 11 is 9.43. The summed E-state index contributed by atoms with van der Waals surface area (Å²) in [5.74, 6) is -0.480. The van der Waals surface area contributed by atoms with E-state index < -0.39 is 0 Å². The summed E-state index contributed by atoms with van der Waals surface area (Å²) in [4.78, 5) is 12.7. The normalized spacial score (nSPS) is 10.6. The molecule has 0 radical (unpaired) electrons. The Hall–Kier alpha value is -2.17. The fourth-order valence-electron chi connectivity index (χ4n) is 2.49. The Bertz CT molecular complexity index is 958. The lowest BCUT2D eigenvalue weighted by atomic mass is 9.99. The number of hydrogen-bond acceptors (Lipinski definition) is 2. The van der Waals surface area contributed by atoms with E-state index >= 15 is 0 Å². The highest BCUT2D eigenvalue weighted by molar-refractivity contribution is 9.10. The Morgan fingerprint density at radius 2 is 1.68 bits per heavy atom. The van der Waals surface area contributed by atoms with Gasteiger partial charge in [-0.3, -0.25) is 4.79 Å². The van der Waals surface area contributed by atoms with Gasteiger partial charge in [0.2, 0.25) is 0 Å². The van der Waals surface area contributed by atoms with Crippen molar-refractivity contribution in [3.63, 3.8) is 0 Å². The Kier molecular flexibility index (Phi) is 5.21. The lowest BCUT2D eigenvalue weighted by Crippen LogP contribution is -2.04. The van der Waals surface area contributed by atoms with Crippen molar-refractivity contribution in [2.75, 3.05) is 5.32 Å². The van der Waals surface area contributed by atoms with Crippen LogP contribution in [0.4, 0.5) is 15.8 Å². The molecule has 3 rings (SSSR count). The number of rotatable bonds is 4. The average Bonchev–Trinajstić information content (AvgIpc) is 2.58. The summed E-state index contributed by atoms with van der Waals surface area (Å²) in [6.45, 7) is 1.89. The van der Waals surface area contributed by atoms with Crippen molar-refractivity contribution in [3.8, 4) is 0 Å². The van der Waals surface area contributed by atoms with Gasteiger partial charge in [-0.1, -0.05) is 35.9 Å². The summed E-state index contributed by atoms with van der Waals surface area (Å²) in [5.41, 5.74) is 3.22. The zero-order valence-corrected chi connectivity index (χ0v) is 15.7. The van der Waals surface area contributed by atoms with Crippen LogP contribution in [-0.2, 0) is 0 Å². The molecule has 0 aliphatic carbocycles. The highest BCUT2D eigenvalue weighted by Gasteiger charge is 2.15. The SMILES string of the molecule is Cc1ccccc1C(=O)c1ccc(Nc2ccc(Br)c(F)c2)cc1Cl. The molecular weight excluding hydrogens is 405 g/mol. The third kappa shape index (κ3) is 3.91. The van der Waals surface area contributed by atoms with Crippen molar-refractivity contribution in [1.29, 1.82) is 0 Å². The fraction of sp³-hybridized carbons (Fsp3) is 0.0500. The van der Waals surface area contributed by atoms with Crippen molar-refractivity contribution in [2.45, 2.75) is 6.92 Å². The van der Waals surface area contributed by atoms with E-state index in [4.69, 9.17) is 11.6 Å². The van der Waals surface area contributed by atoms with Gasteiger partial charge >= 0.3 is 0 Å². The molecular formula is C20H14BrClFNO. The van der Waals surface area contributed by atoms with E-state index in [0.29, 0.717) is 32.0 Å². The van der Waals surface area contributed by atoms with Crippen LogP contribution >= 0.6 is 27.5 Å². The number of nitrogens with one attached hydrogen (secondary N) is 1. The first kappa shape index (κ1) is 17.6. The predicted octanol–water partition coefficient (Wildman–Crippen LogP) is 6.52. The van der Waals surface area contributed by atoms with Crippen LogP contribution in [-0.4, -0.2) is 5.78 Å². The van der Waals surface area contributed by atoms with E-state index in [1.807, 2.05) is 25.1 Å². The van der Waals surface area contributed by atoms with Gasteiger partial charge in [0.1, 0.15) is 5.82 Å². The van der Waals surface area contributed by atoms with E-state index in [-0.39, 0.29) is 11.6 Å². The predicted molar refractivity (Wildman–Crippen MR) is 103 cm³/mol. The Labute approximate surface area is 158 Å². The first-order valence-corrected chi connectivity index (χ1v) is 8.75. The molecule has 0 unspecified atom stereocenters. The maximum atomic E-state index is 13.6. The van der Waals surface area contributed by atoms with E-state index in [2.05, 4.69) is 21.2 Å².